The number of nitrogens with one attached hydrogen (secondary N) is 1. The fraction of sp³-hybridized carbons (Fsp3) is 0.611. The largest absolute Gasteiger partial charge is 0.379 e. The SMILES string of the molecule is Cc1ccc(S(=O)(=O)NCCCOC(C)C)cc1C(=O)N1CCCC1. The number of nitrogens with zero attached hydrogens (tertiary/aromatic N) is 1. The zero-order valence-corrected chi connectivity index (χ0v) is 16.1. The molecule has 1 saturated heterocycles. The van der Waals surface area contributed by atoms with Gasteiger partial charge in [-0.3, -0.25) is 4.79 Å². The molecule has 1 N–H and O–H groups in total. The van der Waals surface area contributed by atoms with Crippen LogP contribution in [0.15, 0.2) is 23.1 Å². The van der Waals surface area contributed by atoms with Crippen molar-refractivity contribution in [1.29, 1.82) is 0 Å². The highest BCUT2D eigenvalue weighted by atomic mass is 32.2. The number of rotatable bonds is 8. The van der Waals surface area contributed by atoms with E-state index in [0.717, 1.165) is 31.5 Å². The number of carbonyl (C=O) groups is 1. The summed E-state index contributed by atoms with van der Waals surface area (Å²) in [6.45, 7) is 8.00. The quantitative estimate of drug-likeness (QED) is 0.715. The summed E-state index contributed by atoms with van der Waals surface area (Å²) in [5.74, 6) is -0.0858. The molecule has 0 radical (unpaired) electrons. The lowest BCUT2D eigenvalue weighted by atomic mass is 10.1. The molecule has 0 unspecified atom stereocenters. The van der Waals surface area contributed by atoms with E-state index in [1.165, 1.54) is 6.07 Å². The summed E-state index contributed by atoms with van der Waals surface area (Å²) < 4.78 is 32.9. The number of aryl methyl sites for hydroxylation is 1. The molecular formula is C18H28N2O4S. The van der Waals surface area contributed by atoms with E-state index in [0.29, 0.717) is 25.1 Å². The van der Waals surface area contributed by atoms with E-state index in [-0.39, 0.29) is 16.9 Å². The molecular weight excluding hydrogens is 340 g/mol. The summed E-state index contributed by atoms with van der Waals surface area (Å²) in [5.41, 5.74) is 1.26. The Hall–Kier alpha value is -1.44. The zero-order valence-electron chi connectivity index (χ0n) is 15.2. The second kappa shape index (κ2) is 8.78. The Balaban J connectivity index is 2.05. The molecule has 0 saturated carbocycles. The van der Waals surface area contributed by atoms with Gasteiger partial charge in [-0.1, -0.05) is 6.07 Å². The summed E-state index contributed by atoms with van der Waals surface area (Å²) in [6.07, 6.45) is 2.74. The molecule has 7 heteroatoms. The predicted molar refractivity (Wildman–Crippen MR) is 97.2 cm³/mol. The normalized spacial score (nSPS) is 15.1. The summed E-state index contributed by atoms with van der Waals surface area (Å²) in [6, 6.07) is 4.73. The summed E-state index contributed by atoms with van der Waals surface area (Å²) in [4.78, 5) is 14.5. The number of likely N-dealkylation sites (tertiary alicyclic amines) is 1. The molecule has 0 aromatic heterocycles. The van der Waals surface area contributed by atoms with Gasteiger partial charge in [-0.2, -0.15) is 0 Å². The number of ether oxygens (including phenoxy) is 1. The number of hydrogen-bond acceptors (Lipinski definition) is 4. The maximum atomic E-state index is 12.6. The van der Waals surface area contributed by atoms with Gasteiger partial charge < -0.3 is 9.64 Å². The molecule has 1 amide bonds. The number of benzene rings is 1. The molecule has 2 rings (SSSR count). The second-order valence-electron chi connectivity index (χ2n) is 6.65. The molecule has 1 heterocycles. The van der Waals surface area contributed by atoms with Crippen LogP contribution in [-0.2, 0) is 14.8 Å². The number of carbonyl (C=O) groups excluding carboxylic acids is 1. The van der Waals surface area contributed by atoms with Crippen LogP contribution in [0.2, 0.25) is 0 Å². The first-order chi connectivity index (χ1) is 11.8. The van der Waals surface area contributed by atoms with Gasteiger partial charge in [0.25, 0.3) is 5.91 Å². The third-order valence-electron chi connectivity index (χ3n) is 4.21. The average Bonchev–Trinajstić information content (AvgIpc) is 3.08. The average molecular weight is 368 g/mol. The first kappa shape index (κ1) is 19.9. The number of hydrogen-bond donors (Lipinski definition) is 1. The van der Waals surface area contributed by atoms with Crippen LogP contribution in [-0.4, -0.2) is 51.6 Å². The molecule has 1 aliphatic rings. The zero-order chi connectivity index (χ0) is 18.4. The molecule has 1 aromatic rings. The van der Waals surface area contributed by atoms with Crippen LogP contribution in [0.4, 0.5) is 0 Å². The second-order valence-corrected chi connectivity index (χ2v) is 8.41. The van der Waals surface area contributed by atoms with Crippen molar-refractivity contribution >= 4 is 15.9 Å². The van der Waals surface area contributed by atoms with Gasteiger partial charge in [-0.25, -0.2) is 13.1 Å². The third kappa shape index (κ3) is 5.52. The van der Waals surface area contributed by atoms with Crippen molar-refractivity contribution in [1.82, 2.24) is 9.62 Å². The van der Waals surface area contributed by atoms with Crippen molar-refractivity contribution in [2.75, 3.05) is 26.2 Å². The van der Waals surface area contributed by atoms with E-state index in [1.54, 1.807) is 17.0 Å². The molecule has 0 spiro atoms. The van der Waals surface area contributed by atoms with E-state index in [4.69, 9.17) is 4.74 Å². The fourth-order valence-corrected chi connectivity index (χ4v) is 3.87. The monoisotopic (exact) mass is 368 g/mol. The van der Waals surface area contributed by atoms with Gasteiger partial charge in [0.1, 0.15) is 0 Å². The first-order valence-corrected chi connectivity index (χ1v) is 10.3. The molecule has 25 heavy (non-hydrogen) atoms. The number of sulfonamides is 1. The smallest absolute Gasteiger partial charge is 0.254 e. The lowest BCUT2D eigenvalue weighted by molar-refractivity contribution is 0.0777. The van der Waals surface area contributed by atoms with E-state index < -0.39 is 10.0 Å². The van der Waals surface area contributed by atoms with E-state index >= 15 is 0 Å². The van der Waals surface area contributed by atoms with Crippen LogP contribution in [0.25, 0.3) is 0 Å². The molecule has 0 aliphatic carbocycles. The van der Waals surface area contributed by atoms with Gasteiger partial charge in [0.05, 0.1) is 11.0 Å². The van der Waals surface area contributed by atoms with Gasteiger partial charge in [-0.05, 0) is 57.7 Å². The summed E-state index contributed by atoms with van der Waals surface area (Å²) in [7, 11) is -3.63. The van der Waals surface area contributed by atoms with Crippen molar-refractivity contribution in [2.45, 2.75) is 51.0 Å². The Morgan fingerprint density at radius 1 is 1.28 bits per heavy atom. The maximum absolute atomic E-state index is 12.6. The molecule has 0 bridgehead atoms. The van der Waals surface area contributed by atoms with Crippen molar-refractivity contribution < 1.29 is 17.9 Å². The Labute approximate surface area is 150 Å². The van der Waals surface area contributed by atoms with Gasteiger partial charge in [0.2, 0.25) is 10.0 Å². The lowest BCUT2D eigenvalue weighted by Gasteiger charge is -2.17. The third-order valence-corrected chi connectivity index (χ3v) is 5.67. The Morgan fingerprint density at radius 3 is 2.60 bits per heavy atom. The van der Waals surface area contributed by atoms with Crippen LogP contribution in [0, 0.1) is 6.92 Å². The summed E-state index contributed by atoms with van der Waals surface area (Å²) in [5, 5.41) is 0. The van der Waals surface area contributed by atoms with Crippen molar-refractivity contribution in [3.8, 4) is 0 Å². The standard InChI is InChI=1S/C18H28N2O4S/c1-14(2)24-12-6-9-19-25(22,23)16-8-7-15(3)17(13-16)18(21)20-10-4-5-11-20/h7-8,13-14,19H,4-6,9-12H2,1-3H3. The minimum absolute atomic E-state index is 0.0858. The van der Waals surface area contributed by atoms with Crippen LogP contribution in [0.1, 0.15) is 49.0 Å². The van der Waals surface area contributed by atoms with Crippen LogP contribution in [0.3, 0.4) is 0 Å². The van der Waals surface area contributed by atoms with Gasteiger partial charge in [0.15, 0.2) is 0 Å². The van der Waals surface area contributed by atoms with Crippen molar-refractivity contribution in [3.63, 3.8) is 0 Å². The Kier molecular flexibility index (Phi) is 6.98. The highest BCUT2D eigenvalue weighted by molar-refractivity contribution is 7.89. The van der Waals surface area contributed by atoms with Crippen LogP contribution < -0.4 is 4.72 Å². The molecule has 6 nitrogen and oxygen atoms in total. The highest BCUT2D eigenvalue weighted by Crippen LogP contribution is 2.19. The lowest BCUT2D eigenvalue weighted by Crippen LogP contribution is -2.29. The molecule has 140 valence electrons. The van der Waals surface area contributed by atoms with Gasteiger partial charge >= 0.3 is 0 Å². The van der Waals surface area contributed by atoms with Gasteiger partial charge in [0, 0.05) is 31.8 Å². The molecule has 1 fully saturated rings. The molecule has 0 atom stereocenters. The topological polar surface area (TPSA) is 75.7 Å². The Bertz CT molecular complexity index is 695. The maximum Gasteiger partial charge on any atom is 0.254 e. The summed E-state index contributed by atoms with van der Waals surface area (Å²) >= 11 is 0. The first-order valence-electron chi connectivity index (χ1n) is 8.82. The minimum Gasteiger partial charge on any atom is -0.379 e. The van der Waals surface area contributed by atoms with E-state index in [1.807, 2.05) is 20.8 Å². The minimum atomic E-state index is -3.63. The predicted octanol–water partition coefficient (Wildman–Crippen LogP) is 2.32. The number of amides is 1. The fourth-order valence-electron chi connectivity index (χ4n) is 2.77. The molecule has 1 aliphatic heterocycles. The van der Waals surface area contributed by atoms with Crippen molar-refractivity contribution in [3.05, 3.63) is 29.3 Å². The van der Waals surface area contributed by atoms with Crippen LogP contribution in [0.5, 0.6) is 0 Å². The van der Waals surface area contributed by atoms with E-state index in [9.17, 15) is 13.2 Å². The van der Waals surface area contributed by atoms with Gasteiger partial charge in [-0.15, -0.1) is 0 Å². The highest BCUT2D eigenvalue weighted by Gasteiger charge is 2.23. The van der Waals surface area contributed by atoms with Crippen molar-refractivity contribution in [2.24, 2.45) is 0 Å². The van der Waals surface area contributed by atoms with E-state index in [2.05, 4.69) is 4.72 Å². The van der Waals surface area contributed by atoms with Crippen LogP contribution >= 0.6 is 0 Å². The molecule has 1 aromatic carbocycles. The Morgan fingerprint density at radius 2 is 1.96 bits per heavy atom.